The second kappa shape index (κ2) is 2.62. The first-order valence-electron chi connectivity index (χ1n) is 4.17. The topological polar surface area (TPSA) is 57.8 Å². The summed E-state index contributed by atoms with van der Waals surface area (Å²) in [5.74, 6) is -0.0269. The molecule has 4 heteroatoms. The third-order valence-electron chi connectivity index (χ3n) is 2.15. The fourth-order valence-electron chi connectivity index (χ4n) is 1.57. The van der Waals surface area contributed by atoms with Crippen LogP contribution in [0.2, 0.25) is 0 Å². The Kier molecular flexibility index (Phi) is 1.60. The summed E-state index contributed by atoms with van der Waals surface area (Å²) >= 11 is 0. The zero-order chi connectivity index (χ0) is 8.55. The van der Waals surface area contributed by atoms with Gasteiger partial charge >= 0.3 is 0 Å². The number of aromatic nitrogens is 2. The average molecular weight is 165 g/mol. The zero-order valence-electron chi connectivity index (χ0n) is 6.92. The molecular formula is C8H11N3O. The number of carbonyl (C=O) groups excluding carboxylic acids is 1. The van der Waals surface area contributed by atoms with Gasteiger partial charge in [0.1, 0.15) is 5.69 Å². The molecule has 2 rings (SSSR count). The lowest BCUT2D eigenvalue weighted by atomic mass is 10.1. The molecule has 4 nitrogen and oxygen atoms in total. The van der Waals surface area contributed by atoms with Crippen LogP contribution in [0, 0.1) is 0 Å². The molecule has 64 valence electrons. The second-order valence-electron chi connectivity index (χ2n) is 3.02. The van der Waals surface area contributed by atoms with Crippen molar-refractivity contribution >= 4 is 5.91 Å². The second-order valence-corrected chi connectivity index (χ2v) is 3.02. The summed E-state index contributed by atoms with van der Waals surface area (Å²) in [6.45, 7) is 2.10. The maximum absolute atomic E-state index is 11.2. The van der Waals surface area contributed by atoms with Crippen LogP contribution < -0.4 is 5.32 Å². The van der Waals surface area contributed by atoms with Gasteiger partial charge in [0, 0.05) is 5.56 Å². The largest absolute Gasteiger partial charge is 0.344 e. The maximum atomic E-state index is 11.2. The number of hydrogen-bond acceptors (Lipinski definition) is 2. The lowest BCUT2D eigenvalue weighted by Gasteiger charge is -2.07. The highest BCUT2D eigenvalue weighted by Crippen LogP contribution is 2.26. The molecule has 2 N–H and O–H groups in total. The first kappa shape index (κ1) is 7.34. The van der Waals surface area contributed by atoms with Crippen LogP contribution in [0.4, 0.5) is 0 Å². The van der Waals surface area contributed by atoms with Gasteiger partial charge in [0.15, 0.2) is 0 Å². The summed E-state index contributed by atoms with van der Waals surface area (Å²) in [6, 6.07) is 0.177. The SMILES string of the molecule is CCCC1NC(=O)c2[nH]ncc21. The Bertz CT molecular complexity index is 305. The van der Waals surface area contributed by atoms with Gasteiger partial charge in [-0.25, -0.2) is 0 Å². The van der Waals surface area contributed by atoms with Crippen molar-refractivity contribution in [2.45, 2.75) is 25.8 Å². The summed E-state index contributed by atoms with van der Waals surface area (Å²) in [4.78, 5) is 11.2. The van der Waals surface area contributed by atoms with Gasteiger partial charge < -0.3 is 5.32 Å². The molecule has 1 aromatic rings. The summed E-state index contributed by atoms with van der Waals surface area (Å²) in [5, 5.41) is 9.42. The lowest BCUT2D eigenvalue weighted by molar-refractivity contribution is 0.0950. The highest BCUT2D eigenvalue weighted by Gasteiger charge is 2.29. The molecule has 0 saturated heterocycles. The van der Waals surface area contributed by atoms with Crippen LogP contribution in [-0.2, 0) is 0 Å². The number of hydrogen-bond donors (Lipinski definition) is 2. The van der Waals surface area contributed by atoms with E-state index < -0.39 is 0 Å². The first-order chi connectivity index (χ1) is 5.83. The average Bonchev–Trinajstić information content (AvgIpc) is 2.58. The number of carbonyl (C=O) groups is 1. The minimum absolute atomic E-state index is 0.0269. The zero-order valence-corrected chi connectivity index (χ0v) is 6.92. The van der Waals surface area contributed by atoms with E-state index in [9.17, 15) is 4.79 Å². The van der Waals surface area contributed by atoms with Gasteiger partial charge in [-0.3, -0.25) is 9.89 Å². The molecule has 0 saturated carbocycles. The lowest BCUT2D eigenvalue weighted by Crippen LogP contribution is -2.19. The molecule has 0 fully saturated rings. The number of nitrogens with zero attached hydrogens (tertiary/aromatic N) is 1. The summed E-state index contributed by atoms with van der Waals surface area (Å²) in [5.41, 5.74) is 1.65. The predicted octanol–water partition coefficient (Wildman–Crippen LogP) is 0.994. The van der Waals surface area contributed by atoms with Crippen LogP contribution in [0.5, 0.6) is 0 Å². The Balaban J connectivity index is 2.29. The highest BCUT2D eigenvalue weighted by molar-refractivity contribution is 5.97. The van der Waals surface area contributed by atoms with E-state index in [4.69, 9.17) is 0 Å². The molecule has 1 amide bonds. The Morgan fingerprint density at radius 2 is 2.50 bits per heavy atom. The van der Waals surface area contributed by atoms with Crippen molar-refractivity contribution in [1.29, 1.82) is 0 Å². The van der Waals surface area contributed by atoms with E-state index in [1.165, 1.54) is 0 Å². The van der Waals surface area contributed by atoms with E-state index in [2.05, 4.69) is 22.4 Å². The molecule has 12 heavy (non-hydrogen) atoms. The number of amides is 1. The van der Waals surface area contributed by atoms with Crippen molar-refractivity contribution in [3.05, 3.63) is 17.5 Å². The van der Waals surface area contributed by atoms with Crippen LogP contribution in [0.1, 0.15) is 41.9 Å². The molecule has 1 aliphatic heterocycles. The van der Waals surface area contributed by atoms with Crippen molar-refractivity contribution < 1.29 is 4.79 Å². The third kappa shape index (κ3) is 0.913. The first-order valence-corrected chi connectivity index (χ1v) is 4.17. The van der Waals surface area contributed by atoms with E-state index in [1.807, 2.05) is 0 Å². The highest BCUT2D eigenvalue weighted by atomic mass is 16.2. The van der Waals surface area contributed by atoms with Crippen LogP contribution in [-0.4, -0.2) is 16.1 Å². The molecule has 1 unspecified atom stereocenters. The predicted molar refractivity (Wildman–Crippen MR) is 43.7 cm³/mol. The van der Waals surface area contributed by atoms with Gasteiger partial charge in [-0.2, -0.15) is 5.10 Å². The maximum Gasteiger partial charge on any atom is 0.270 e. The van der Waals surface area contributed by atoms with Crippen molar-refractivity contribution in [3.63, 3.8) is 0 Å². The van der Waals surface area contributed by atoms with E-state index in [-0.39, 0.29) is 11.9 Å². The van der Waals surface area contributed by atoms with E-state index >= 15 is 0 Å². The molecular weight excluding hydrogens is 154 g/mol. The standard InChI is InChI=1S/C8H11N3O/c1-2-3-6-5-4-9-11-7(5)8(12)10-6/h4,6H,2-3H2,1H3,(H,9,11)(H,10,12). The molecule has 0 bridgehead atoms. The monoisotopic (exact) mass is 165 g/mol. The van der Waals surface area contributed by atoms with Crippen molar-refractivity contribution in [1.82, 2.24) is 15.5 Å². The van der Waals surface area contributed by atoms with Gasteiger partial charge in [0.25, 0.3) is 5.91 Å². The minimum atomic E-state index is -0.0269. The quantitative estimate of drug-likeness (QED) is 0.686. The number of H-pyrrole nitrogens is 1. The molecule has 1 aromatic heterocycles. The van der Waals surface area contributed by atoms with E-state index in [0.29, 0.717) is 5.69 Å². The number of aromatic amines is 1. The molecule has 1 atom stereocenters. The number of nitrogens with one attached hydrogen (secondary N) is 2. The van der Waals surface area contributed by atoms with Crippen LogP contribution in [0.15, 0.2) is 6.20 Å². The summed E-state index contributed by atoms with van der Waals surface area (Å²) in [7, 11) is 0. The molecule has 1 aliphatic rings. The van der Waals surface area contributed by atoms with Gasteiger partial charge in [0.2, 0.25) is 0 Å². The Labute approximate surface area is 70.4 Å². The van der Waals surface area contributed by atoms with E-state index in [1.54, 1.807) is 6.20 Å². The fourth-order valence-corrected chi connectivity index (χ4v) is 1.57. The van der Waals surface area contributed by atoms with Gasteiger partial charge in [-0.05, 0) is 6.42 Å². The fraction of sp³-hybridized carbons (Fsp3) is 0.500. The van der Waals surface area contributed by atoms with Gasteiger partial charge in [-0.1, -0.05) is 13.3 Å². The Morgan fingerprint density at radius 1 is 1.67 bits per heavy atom. The van der Waals surface area contributed by atoms with Gasteiger partial charge in [0.05, 0.1) is 12.2 Å². The van der Waals surface area contributed by atoms with Crippen molar-refractivity contribution in [2.24, 2.45) is 0 Å². The minimum Gasteiger partial charge on any atom is -0.344 e. The molecule has 0 spiro atoms. The van der Waals surface area contributed by atoms with Crippen LogP contribution >= 0.6 is 0 Å². The van der Waals surface area contributed by atoms with Gasteiger partial charge in [-0.15, -0.1) is 0 Å². The number of rotatable bonds is 2. The Hall–Kier alpha value is -1.32. The van der Waals surface area contributed by atoms with Crippen molar-refractivity contribution in [3.8, 4) is 0 Å². The van der Waals surface area contributed by atoms with E-state index in [0.717, 1.165) is 18.4 Å². The number of fused-ring (bicyclic) bond motifs is 1. The van der Waals surface area contributed by atoms with Crippen molar-refractivity contribution in [2.75, 3.05) is 0 Å². The molecule has 2 heterocycles. The molecule has 0 radical (unpaired) electrons. The summed E-state index contributed by atoms with van der Waals surface area (Å²) < 4.78 is 0. The molecule has 0 aliphatic carbocycles. The summed E-state index contributed by atoms with van der Waals surface area (Å²) in [6.07, 6.45) is 3.78. The van der Waals surface area contributed by atoms with Crippen LogP contribution in [0.3, 0.4) is 0 Å². The normalized spacial score (nSPS) is 20.8. The molecule has 0 aromatic carbocycles. The Morgan fingerprint density at radius 3 is 3.25 bits per heavy atom. The smallest absolute Gasteiger partial charge is 0.270 e. The third-order valence-corrected chi connectivity index (χ3v) is 2.15. The van der Waals surface area contributed by atoms with Crippen LogP contribution in [0.25, 0.3) is 0 Å².